The number of hydrogen-bond donors (Lipinski definition) is 2. The highest BCUT2D eigenvalue weighted by Gasteiger charge is 2.66. The van der Waals surface area contributed by atoms with Gasteiger partial charge in [-0.25, -0.2) is 0 Å². The van der Waals surface area contributed by atoms with E-state index in [4.69, 9.17) is 9.47 Å². The van der Waals surface area contributed by atoms with Crippen molar-refractivity contribution in [1.82, 2.24) is 9.47 Å². The number of aliphatic hydroxyl groups excluding tert-OH is 1. The molecular formula is C41H53N3O7Si. The molecular weight excluding hydrogens is 675 g/mol. The predicted octanol–water partition coefficient (Wildman–Crippen LogP) is 6.09. The van der Waals surface area contributed by atoms with Crippen LogP contribution < -0.4 is 15.2 Å². The van der Waals surface area contributed by atoms with Gasteiger partial charge in [-0.1, -0.05) is 60.6 Å². The Balaban J connectivity index is 1.58. The number of aliphatic hydroxyl groups is 1. The molecule has 1 fully saturated rings. The number of ether oxygens (including phenoxy) is 2. The van der Waals surface area contributed by atoms with Gasteiger partial charge >= 0.3 is 0 Å². The molecule has 1 saturated heterocycles. The number of aromatic nitrogens is 1. The van der Waals surface area contributed by atoms with Crippen LogP contribution in [0.3, 0.4) is 0 Å². The molecule has 2 aliphatic heterocycles. The van der Waals surface area contributed by atoms with Crippen LogP contribution in [0.15, 0.2) is 95.0 Å². The minimum absolute atomic E-state index is 0.0679. The van der Waals surface area contributed by atoms with Crippen LogP contribution >= 0.6 is 0 Å². The molecule has 0 aliphatic carbocycles. The lowest BCUT2D eigenvalue weighted by atomic mass is 9.82. The summed E-state index contributed by atoms with van der Waals surface area (Å²) in [5.41, 5.74) is 2.80. The Morgan fingerprint density at radius 1 is 1.06 bits per heavy atom. The van der Waals surface area contributed by atoms with Crippen molar-refractivity contribution in [3.05, 3.63) is 112 Å². The van der Waals surface area contributed by atoms with E-state index in [-0.39, 0.29) is 42.7 Å². The van der Waals surface area contributed by atoms with E-state index in [1.54, 1.807) is 28.1 Å². The Morgan fingerprint density at radius 3 is 2.44 bits per heavy atom. The summed E-state index contributed by atoms with van der Waals surface area (Å²) in [5, 5.41) is 9.87. The zero-order valence-corrected chi connectivity index (χ0v) is 32.5. The lowest BCUT2D eigenvalue weighted by Gasteiger charge is -2.32. The van der Waals surface area contributed by atoms with Gasteiger partial charge < -0.3 is 29.2 Å². The van der Waals surface area contributed by atoms with Crippen molar-refractivity contribution >= 4 is 25.8 Å². The van der Waals surface area contributed by atoms with Crippen LogP contribution in [0.5, 0.6) is 5.75 Å². The predicted molar refractivity (Wildman–Crippen MR) is 206 cm³/mol. The third-order valence-electron chi connectivity index (χ3n) is 10.4. The summed E-state index contributed by atoms with van der Waals surface area (Å²) in [4.78, 5) is 57.5. The monoisotopic (exact) mass is 727 g/mol. The number of amides is 2. The number of anilines is 1. The Labute approximate surface area is 308 Å². The third-order valence-corrected chi connectivity index (χ3v) is 12.9. The molecule has 2 aliphatic rings. The maximum Gasteiger partial charge on any atom is 0.297 e. The molecule has 10 nitrogen and oxygen atoms in total. The van der Waals surface area contributed by atoms with Gasteiger partial charge in [0.1, 0.15) is 0 Å². The van der Waals surface area contributed by atoms with Gasteiger partial charge in [-0.2, -0.15) is 0 Å². The molecule has 1 aromatic heterocycles. The summed E-state index contributed by atoms with van der Waals surface area (Å²) in [6.07, 6.45) is 6.85. The minimum Gasteiger partial charge on any atom is -0.491 e. The van der Waals surface area contributed by atoms with Gasteiger partial charge in [0.15, 0.2) is 19.7 Å². The molecule has 3 aromatic rings. The number of rotatable bonds is 14. The van der Waals surface area contributed by atoms with Gasteiger partial charge in [0.2, 0.25) is 5.91 Å². The smallest absolute Gasteiger partial charge is 0.297 e. The first-order chi connectivity index (χ1) is 24.7. The number of benzene rings is 2. The van der Waals surface area contributed by atoms with E-state index >= 15 is 0 Å². The minimum atomic E-state index is -3.08. The lowest BCUT2D eigenvalue weighted by Crippen LogP contribution is -2.46. The molecule has 1 spiro atoms. The van der Waals surface area contributed by atoms with Crippen molar-refractivity contribution in [3.63, 3.8) is 0 Å². The Hall–Kier alpha value is -4.29. The van der Waals surface area contributed by atoms with E-state index in [0.29, 0.717) is 30.0 Å². The molecule has 11 heteroatoms. The van der Waals surface area contributed by atoms with Crippen molar-refractivity contribution in [1.29, 1.82) is 0 Å². The fourth-order valence-corrected chi connectivity index (χ4v) is 10.4. The van der Waals surface area contributed by atoms with E-state index in [0.717, 1.165) is 24.0 Å². The first-order valence-corrected chi connectivity index (χ1v) is 21.1. The van der Waals surface area contributed by atoms with Gasteiger partial charge in [-0.05, 0) is 82.6 Å². The summed E-state index contributed by atoms with van der Waals surface area (Å²) in [6.45, 7) is 12.4. The Kier molecular flexibility index (Phi) is 12.1. The van der Waals surface area contributed by atoms with Crippen LogP contribution in [-0.2, 0) is 26.5 Å². The molecule has 2 N–H and O–H groups in total. The largest absolute Gasteiger partial charge is 0.491 e. The second-order valence-electron chi connectivity index (χ2n) is 14.8. The first-order valence-electron chi connectivity index (χ1n) is 18.1. The highest BCUT2D eigenvalue weighted by Crippen LogP contribution is 2.60. The average molecular weight is 728 g/mol. The number of fused-ring (bicyclic) bond motifs is 2. The van der Waals surface area contributed by atoms with Gasteiger partial charge in [0, 0.05) is 48.5 Å². The molecule has 4 atom stereocenters. The van der Waals surface area contributed by atoms with E-state index in [1.807, 2.05) is 68.5 Å². The highest BCUT2D eigenvalue weighted by atomic mass is 28.4. The van der Waals surface area contributed by atoms with Gasteiger partial charge in [0.25, 0.3) is 11.5 Å². The van der Waals surface area contributed by atoms with E-state index in [1.165, 1.54) is 17.3 Å². The van der Waals surface area contributed by atoms with Crippen molar-refractivity contribution in [2.24, 2.45) is 5.92 Å². The van der Waals surface area contributed by atoms with Crippen molar-refractivity contribution in [2.75, 3.05) is 31.7 Å². The summed E-state index contributed by atoms with van der Waals surface area (Å²) < 4.78 is 13.8. The molecule has 2 aromatic carbocycles. The van der Waals surface area contributed by atoms with Crippen molar-refractivity contribution < 1.29 is 29.0 Å². The molecule has 2 amide bonds. The summed E-state index contributed by atoms with van der Waals surface area (Å²) in [5.74, 6) is -0.810. The number of pyridine rings is 1. The van der Waals surface area contributed by atoms with Gasteiger partial charge in [0.05, 0.1) is 31.9 Å². The SMILES string of the molecule is COc1cccn(-c2ccc3c(c2)[C@@]2(O[C@H](CC(=O)N(CCO)Cc4ccccc4)[C@@H]([Si](C)(C)O)[C@@H]2C)C(=O)N3C/C=C(\C)CCC=C(C)C)c1=O. The standard InChI is InChI=1S/C41H53N3O7Si/c1-28(2)13-11-14-29(3)20-22-44-34-19-18-32(43-21-12-17-35(50-5)39(43)47)25-33(34)41(40(44)48)30(4)38(52(6,7)49)36(51-41)26-37(46)42(23-24-45)27-31-15-9-8-10-16-31/h8-10,12-13,15-21,25,30,36,38,45,49H,11,14,22-24,26-27H2,1-7H3/b29-20+/t30-,36+,38-,41+/m0/s1. The molecule has 0 bridgehead atoms. The van der Waals surface area contributed by atoms with Crippen LogP contribution in [0.4, 0.5) is 5.69 Å². The Morgan fingerprint density at radius 2 is 1.79 bits per heavy atom. The molecule has 0 radical (unpaired) electrons. The van der Waals surface area contributed by atoms with Crippen LogP contribution in [0, 0.1) is 5.92 Å². The molecule has 0 saturated carbocycles. The summed E-state index contributed by atoms with van der Waals surface area (Å²) in [7, 11) is -1.63. The van der Waals surface area contributed by atoms with Crippen LogP contribution in [-0.4, -0.2) is 72.4 Å². The first kappa shape index (κ1) is 38.9. The number of carbonyl (C=O) groups excluding carboxylic acids is 2. The fourth-order valence-electron chi connectivity index (χ4n) is 7.88. The van der Waals surface area contributed by atoms with Crippen molar-refractivity contribution in [2.45, 2.75) is 83.8 Å². The lowest BCUT2D eigenvalue weighted by molar-refractivity contribution is -0.149. The molecule has 278 valence electrons. The molecule has 0 unspecified atom stereocenters. The number of nitrogens with zero attached hydrogens (tertiary/aromatic N) is 3. The highest BCUT2D eigenvalue weighted by molar-refractivity contribution is 6.71. The van der Waals surface area contributed by atoms with E-state index in [2.05, 4.69) is 32.9 Å². The van der Waals surface area contributed by atoms with Gasteiger partial charge in [-0.3, -0.25) is 19.0 Å². The normalized spacial score (nSPS) is 21.4. The summed E-state index contributed by atoms with van der Waals surface area (Å²) in [6, 6.07) is 18.4. The third kappa shape index (κ3) is 7.87. The number of carbonyl (C=O) groups is 2. The summed E-state index contributed by atoms with van der Waals surface area (Å²) >= 11 is 0. The fraction of sp³-hybridized carbons (Fsp3) is 0.439. The zero-order chi connectivity index (χ0) is 37.8. The number of methoxy groups -OCH3 is 1. The average Bonchev–Trinajstić information content (AvgIpc) is 3.52. The molecule has 3 heterocycles. The number of allylic oxidation sites excluding steroid dienone is 3. The quantitative estimate of drug-likeness (QED) is 0.152. The maximum absolute atomic E-state index is 15.0. The topological polar surface area (TPSA) is 122 Å². The zero-order valence-electron chi connectivity index (χ0n) is 31.5. The second-order valence-corrected chi connectivity index (χ2v) is 18.8. The van der Waals surface area contributed by atoms with E-state index < -0.39 is 31.5 Å². The van der Waals surface area contributed by atoms with Crippen LogP contribution in [0.25, 0.3) is 5.69 Å². The number of hydrogen-bond acceptors (Lipinski definition) is 7. The van der Waals surface area contributed by atoms with Crippen LogP contribution in [0.2, 0.25) is 18.6 Å². The van der Waals surface area contributed by atoms with Crippen molar-refractivity contribution in [3.8, 4) is 11.4 Å². The maximum atomic E-state index is 15.0. The Bertz CT molecular complexity index is 1880. The van der Waals surface area contributed by atoms with Crippen LogP contribution in [0.1, 0.15) is 58.1 Å². The molecule has 5 rings (SSSR count). The van der Waals surface area contributed by atoms with E-state index in [9.17, 15) is 24.3 Å². The second kappa shape index (κ2) is 16.2. The van der Waals surface area contributed by atoms with Gasteiger partial charge in [-0.15, -0.1) is 0 Å². The molecule has 52 heavy (non-hydrogen) atoms.